The first-order chi connectivity index (χ1) is 4.22. The molecule has 0 atom stereocenters. The lowest BCUT2D eigenvalue weighted by molar-refractivity contribution is 1.12. The molecule has 0 unspecified atom stereocenters. The lowest BCUT2D eigenvalue weighted by atomic mass is 9.96. The molecule has 0 radical (unpaired) electrons. The lowest BCUT2D eigenvalue weighted by Gasteiger charge is -2.10. The van der Waals surface area contributed by atoms with E-state index in [0.717, 1.165) is 6.42 Å². The van der Waals surface area contributed by atoms with Crippen molar-refractivity contribution in [1.29, 1.82) is 0 Å². The largest absolute Gasteiger partial charge is 0.0915 e. The molecule has 0 nitrogen and oxygen atoms in total. The average molecular weight is 120 g/mol. The molecule has 0 amide bonds. The summed E-state index contributed by atoms with van der Waals surface area (Å²) in [4.78, 5) is 0. The van der Waals surface area contributed by atoms with Gasteiger partial charge in [-0.1, -0.05) is 24.3 Å². The molecule has 0 aromatic heterocycles. The fourth-order valence-corrected chi connectivity index (χ4v) is 0.930. The molecule has 1 aliphatic carbocycles. The minimum absolute atomic E-state index is 1.10. The average Bonchev–Trinajstić information content (AvgIpc) is 1.83. The zero-order valence-electron chi connectivity index (χ0n) is 6.07. The van der Waals surface area contributed by atoms with Crippen LogP contribution in [0, 0.1) is 0 Å². The Morgan fingerprint density at radius 2 is 2.11 bits per heavy atom. The van der Waals surface area contributed by atoms with Crippen molar-refractivity contribution < 1.29 is 0 Å². The molecule has 0 aromatic rings. The van der Waals surface area contributed by atoms with Gasteiger partial charge < -0.3 is 0 Å². The predicted molar refractivity (Wildman–Crippen MR) is 41.3 cm³/mol. The van der Waals surface area contributed by atoms with Gasteiger partial charge in [-0.25, -0.2) is 0 Å². The second-order valence-corrected chi connectivity index (χ2v) is 2.54. The first-order valence-electron chi connectivity index (χ1n) is 3.24. The van der Waals surface area contributed by atoms with Crippen molar-refractivity contribution in [1.82, 2.24) is 0 Å². The molecule has 1 aliphatic rings. The van der Waals surface area contributed by atoms with Gasteiger partial charge in [0, 0.05) is 0 Å². The monoisotopic (exact) mass is 120 g/mol. The highest BCUT2D eigenvalue weighted by molar-refractivity contribution is 5.42. The molecular weight excluding hydrogens is 108 g/mol. The number of allylic oxidation sites excluding steroid dienone is 5. The highest BCUT2D eigenvalue weighted by Crippen LogP contribution is 2.21. The Hall–Kier alpha value is -0.780. The summed E-state index contributed by atoms with van der Waals surface area (Å²) in [7, 11) is 0. The van der Waals surface area contributed by atoms with Gasteiger partial charge in [-0.2, -0.15) is 0 Å². The SMILES string of the molecule is C=C1C=CCC(C)=C1C. The van der Waals surface area contributed by atoms with Crippen LogP contribution in [-0.4, -0.2) is 0 Å². The van der Waals surface area contributed by atoms with E-state index in [1.807, 2.05) is 0 Å². The highest BCUT2D eigenvalue weighted by atomic mass is 14.1. The third kappa shape index (κ3) is 1.13. The second-order valence-electron chi connectivity index (χ2n) is 2.54. The van der Waals surface area contributed by atoms with E-state index in [2.05, 4.69) is 32.6 Å². The zero-order chi connectivity index (χ0) is 6.85. The van der Waals surface area contributed by atoms with Crippen LogP contribution in [0.2, 0.25) is 0 Å². The number of hydrogen-bond donors (Lipinski definition) is 0. The van der Waals surface area contributed by atoms with Crippen LogP contribution < -0.4 is 0 Å². The van der Waals surface area contributed by atoms with Gasteiger partial charge in [-0.3, -0.25) is 0 Å². The van der Waals surface area contributed by atoms with E-state index in [4.69, 9.17) is 0 Å². The topological polar surface area (TPSA) is 0 Å². The molecule has 0 N–H and O–H groups in total. The molecule has 0 heterocycles. The smallest absolute Gasteiger partial charge is 0.0132 e. The van der Waals surface area contributed by atoms with Gasteiger partial charge in [-0.15, -0.1) is 0 Å². The van der Waals surface area contributed by atoms with Crippen molar-refractivity contribution in [2.24, 2.45) is 0 Å². The third-order valence-electron chi connectivity index (χ3n) is 1.86. The molecule has 0 saturated heterocycles. The minimum Gasteiger partial charge on any atom is -0.0915 e. The molecule has 0 aromatic carbocycles. The maximum absolute atomic E-state index is 3.90. The van der Waals surface area contributed by atoms with E-state index >= 15 is 0 Å². The second kappa shape index (κ2) is 2.22. The Morgan fingerprint density at radius 3 is 2.56 bits per heavy atom. The van der Waals surface area contributed by atoms with Crippen molar-refractivity contribution in [2.75, 3.05) is 0 Å². The molecule has 0 spiro atoms. The van der Waals surface area contributed by atoms with Crippen LogP contribution in [0.5, 0.6) is 0 Å². The van der Waals surface area contributed by atoms with Gasteiger partial charge in [-0.05, 0) is 31.4 Å². The summed E-state index contributed by atoms with van der Waals surface area (Å²) >= 11 is 0. The van der Waals surface area contributed by atoms with E-state index in [-0.39, 0.29) is 0 Å². The molecule has 0 bridgehead atoms. The molecule has 1 rings (SSSR count). The van der Waals surface area contributed by atoms with Crippen LogP contribution in [0.3, 0.4) is 0 Å². The Kier molecular flexibility index (Phi) is 1.56. The Balaban J connectivity index is 2.92. The number of hydrogen-bond acceptors (Lipinski definition) is 0. The first kappa shape index (κ1) is 6.34. The summed E-state index contributed by atoms with van der Waals surface area (Å²) < 4.78 is 0. The molecule has 48 valence electrons. The summed E-state index contributed by atoms with van der Waals surface area (Å²) in [6.07, 6.45) is 5.35. The standard InChI is InChI=1S/C9H12/c1-7-5-4-6-8(2)9(7)3/h4-5H,1,6H2,2-3H3. The van der Waals surface area contributed by atoms with Gasteiger partial charge in [0.15, 0.2) is 0 Å². The quantitative estimate of drug-likeness (QED) is 0.461. The Labute approximate surface area is 56.6 Å². The molecule has 0 heteroatoms. The van der Waals surface area contributed by atoms with Gasteiger partial charge in [0.05, 0.1) is 0 Å². The van der Waals surface area contributed by atoms with Gasteiger partial charge in [0.1, 0.15) is 0 Å². The minimum atomic E-state index is 1.10. The van der Waals surface area contributed by atoms with E-state index in [0.29, 0.717) is 0 Å². The van der Waals surface area contributed by atoms with Crippen LogP contribution in [0.1, 0.15) is 20.3 Å². The van der Waals surface area contributed by atoms with Crippen LogP contribution in [0.15, 0.2) is 35.5 Å². The van der Waals surface area contributed by atoms with E-state index in [9.17, 15) is 0 Å². The van der Waals surface area contributed by atoms with Crippen LogP contribution in [-0.2, 0) is 0 Å². The molecular formula is C9H12. The third-order valence-corrected chi connectivity index (χ3v) is 1.86. The van der Waals surface area contributed by atoms with Crippen molar-refractivity contribution in [3.63, 3.8) is 0 Å². The molecule has 0 fully saturated rings. The van der Waals surface area contributed by atoms with Crippen molar-refractivity contribution in [2.45, 2.75) is 20.3 Å². The zero-order valence-corrected chi connectivity index (χ0v) is 6.07. The van der Waals surface area contributed by atoms with Gasteiger partial charge in [0.25, 0.3) is 0 Å². The van der Waals surface area contributed by atoms with E-state index < -0.39 is 0 Å². The van der Waals surface area contributed by atoms with Gasteiger partial charge in [0.2, 0.25) is 0 Å². The summed E-state index contributed by atoms with van der Waals surface area (Å²) in [5.41, 5.74) is 3.97. The fraction of sp³-hybridized carbons (Fsp3) is 0.333. The van der Waals surface area contributed by atoms with Crippen molar-refractivity contribution in [3.05, 3.63) is 35.5 Å². The fourth-order valence-electron chi connectivity index (χ4n) is 0.930. The lowest BCUT2D eigenvalue weighted by Crippen LogP contribution is -1.90. The predicted octanol–water partition coefficient (Wildman–Crippen LogP) is 2.84. The van der Waals surface area contributed by atoms with Crippen molar-refractivity contribution in [3.8, 4) is 0 Å². The normalized spacial score (nSPS) is 19.1. The van der Waals surface area contributed by atoms with Crippen LogP contribution in [0.4, 0.5) is 0 Å². The maximum Gasteiger partial charge on any atom is -0.0132 e. The Morgan fingerprint density at radius 1 is 1.44 bits per heavy atom. The summed E-state index contributed by atoms with van der Waals surface area (Å²) in [5, 5.41) is 0. The summed E-state index contributed by atoms with van der Waals surface area (Å²) in [6.45, 7) is 8.18. The maximum atomic E-state index is 3.90. The summed E-state index contributed by atoms with van der Waals surface area (Å²) in [5.74, 6) is 0. The molecule has 0 saturated carbocycles. The van der Waals surface area contributed by atoms with Crippen LogP contribution in [0.25, 0.3) is 0 Å². The number of rotatable bonds is 0. The molecule has 9 heavy (non-hydrogen) atoms. The van der Waals surface area contributed by atoms with Crippen LogP contribution >= 0.6 is 0 Å². The Bertz CT molecular complexity index is 192. The molecule has 0 aliphatic heterocycles. The summed E-state index contributed by atoms with van der Waals surface area (Å²) in [6, 6.07) is 0. The van der Waals surface area contributed by atoms with E-state index in [1.165, 1.54) is 16.7 Å². The van der Waals surface area contributed by atoms with Crippen molar-refractivity contribution >= 4 is 0 Å². The highest BCUT2D eigenvalue weighted by Gasteiger charge is 2.01. The van der Waals surface area contributed by atoms with Gasteiger partial charge >= 0.3 is 0 Å². The van der Waals surface area contributed by atoms with E-state index in [1.54, 1.807) is 0 Å². The first-order valence-corrected chi connectivity index (χ1v) is 3.24.